The van der Waals surface area contributed by atoms with Gasteiger partial charge >= 0.3 is 0 Å². The first kappa shape index (κ1) is 22.9. The Morgan fingerprint density at radius 3 is 2.35 bits per heavy atom. The molecule has 0 saturated carbocycles. The number of hydrogen-bond donors (Lipinski definition) is 1. The first-order valence-electron chi connectivity index (χ1n) is 7.80. The van der Waals surface area contributed by atoms with Crippen molar-refractivity contribution >= 4 is 40.6 Å². The summed E-state index contributed by atoms with van der Waals surface area (Å²) in [6.07, 6.45) is 0.586. The van der Waals surface area contributed by atoms with E-state index in [9.17, 15) is 13.2 Å². The predicted molar refractivity (Wildman–Crippen MR) is 97.4 cm³/mol. The highest BCUT2D eigenvalue weighted by molar-refractivity contribution is 7.91. The summed E-state index contributed by atoms with van der Waals surface area (Å²) in [5.74, 6) is 0.771. The molecule has 0 aromatic rings. The number of nitrogens with zero attached hydrogens (tertiary/aromatic N) is 2. The summed E-state index contributed by atoms with van der Waals surface area (Å²) in [6, 6.07) is -0.132. The maximum Gasteiger partial charge on any atom is 0.237 e. The van der Waals surface area contributed by atoms with Crippen molar-refractivity contribution in [3.05, 3.63) is 0 Å². The number of carbonyl (C=O) groups excluding carboxylic acids is 1. The van der Waals surface area contributed by atoms with Gasteiger partial charge in [0.25, 0.3) is 0 Å². The molecule has 6 nitrogen and oxygen atoms in total. The lowest BCUT2D eigenvalue weighted by molar-refractivity contribution is -0.135. The van der Waals surface area contributed by atoms with Crippen molar-refractivity contribution < 1.29 is 13.2 Å². The average molecular weight is 390 g/mol. The number of halogens is 2. The summed E-state index contributed by atoms with van der Waals surface area (Å²) < 4.78 is 23.4. The van der Waals surface area contributed by atoms with Crippen LogP contribution >= 0.6 is 24.8 Å². The highest BCUT2D eigenvalue weighted by atomic mass is 35.5. The molecule has 2 aliphatic heterocycles. The van der Waals surface area contributed by atoms with E-state index in [4.69, 9.17) is 0 Å². The van der Waals surface area contributed by atoms with Gasteiger partial charge in [0.05, 0.1) is 18.1 Å². The largest absolute Gasteiger partial charge is 0.337 e. The van der Waals surface area contributed by atoms with Gasteiger partial charge in [0.15, 0.2) is 9.84 Å². The van der Waals surface area contributed by atoms with E-state index in [0.717, 1.165) is 26.2 Å². The second-order valence-corrected chi connectivity index (χ2v) is 8.75. The molecule has 0 aliphatic carbocycles. The Morgan fingerprint density at radius 1 is 1.26 bits per heavy atom. The molecule has 0 radical (unpaired) electrons. The van der Waals surface area contributed by atoms with E-state index < -0.39 is 9.84 Å². The van der Waals surface area contributed by atoms with Crippen molar-refractivity contribution in [1.29, 1.82) is 0 Å². The van der Waals surface area contributed by atoms with E-state index in [1.807, 2.05) is 4.90 Å². The molecule has 138 valence electrons. The Balaban J connectivity index is 0.00000242. The fraction of sp³-hybridized carbons (Fsp3) is 0.929. The second kappa shape index (κ2) is 10.0. The minimum atomic E-state index is -2.96. The molecule has 0 bridgehead atoms. The molecule has 1 atom stereocenters. The molecule has 2 rings (SSSR count). The first-order valence-corrected chi connectivity index (χ1v) is 9.62. The molecule has 1 unspecified atom stereocenters. The number of rotatable bonds is 5. The minimum absolute atomic E-state index is 0. The molecule has 1 amide bonds. The van der Waals surface area contributed by atoms with Crippen molar-refractivity contribution in [3.8, 4) is 0 Å². The summed E-state index contributed by atoms with van der Waals surface area (Å²) in [5.41, 5.74) is 0. The lowest BCUT2D eigenvalue weighted by Gasteiger charge is -2.33. The Bertz CT molecular complexity index is 468. The topological polar surface area (TPSA) is 69.7 Å². The van der Waals surface area contributed by atoms with Crippen LogP contribution in [0.15, 0.2) is 0 Å². The maximum atomic E-state index is 12.6. The lowest BCUT2D eigenvalue weighted by atomic mass is 10.1. The van der Waals surface area contributed by atoms with Crippen LogP contribution < -0.4 is 5.32 Å². The number of amides is 1. The van der Waals surface area contributed by atoms with Gasteiger partial charge in [-0.25, -0.2) is 8.42 Å². The molecular formula is C14H29Cl2N3O3S. The normalized spacial score (nSPS) is 23.9. The molecule has 0 aromatic heterocycles. The molecule has 9 heteroatoms. The Hall–Kier alpha value is -0.0800. The van der Waals surface area contributed by atoms with Crippen LogP contribution in [-0.2, 0) is 14.6 Å². The molecule has 2 heterocycles. The molecule has 2 fully saturated rings. The van der Waals surface area contributed by atoms with Crippen LogP contribution in [0, 0.1) is 5.92 Å². The van der Waals surface area contributed by atoms with Crippen molar-refractivity contribution in [3.63, 3.8) is 0 Å². The van der Waals surface area contributed by atoms with Crippen molar-refractivity contribution in [2.24, 2.45) is 5.92 Å². The molecule has 2 aliphatic rings. The second-order valence-electron chi connectivity index (χ2n) is 6.52. The predicted octanol–water partition coefficient (Wildman–Crippen LogP) is 0.407. The number of carbonyl (C=O) groups is 1. The van der Waals surface area contributed by atoms with Gasteiger partial charge in [-0.3, -0.25) is 9.69 Å². The quantitative estimate of drug-likeness (QED) is 0.736. The van der Waals surface area contributed by atoms with Gasteiger partial charge in [-0.2, -0.15) is 0 Å². The molecule has 23 heavy (non-hydrogen) atoms. The van der Waals surface area contributed by atoms with Gasteiger partial charge in [-0.15, -0.1) is 24.8 Å². The van der Waals surface area contributed by atoms with Crippen molar-refractivity contribution in [1.82, 2.24) is 15.1 Å². The summed E-state index contributed by atoms with van der Waals surface area (Å²) in [7, 11) is -2.96. The van der Waals surface area contributed by atoms with Gasteiger partial charge in [0.1, 0.15) is 0 Å². The van der Waals surface area contributed by atoms with Crippen LogP contribution in [0.3, 0.4) is 0 Å². The third-order valence-electron chi connectivity index (χ3n) is 4.10. The minimum Gasteiger partial charge on any atom is -0.337 e. The zero-order chi connectivity index (χ0) is 15.5. The Kier molecular flexibility index (Phi) is 10.00. The molecular weight excluding hydrogens is 361 g/mol. The van der Waals surface area contributed by atoms with Crippen LogP contribution in [0.2, 0.25) is 0 Å². The number of piperazine rings is 1. The van der Waals surface area contributed by atoms with Crippen molar-refractivity contribution in [2.45, 2.75) is 26.3 Å². The molecule has 0 aromatic carbocycles. The van der Waals surface area contributed by atoms with Gasteiger partial charge in [0.2, 0.25) is 5.91 Å². The van der Waals surface area contributed by atoms with E-state index in [2.05, 4.69) is 24.1 Å². The van der Waals surface area contributed by atoms with Gasteiger partial charge in [-0.05, 0) is 12.3 Å². The lowest BCUT2D eigenvalue weighted by Crippen LogP contribution is -2.51. The van der Waals surface area contributed by atoms with Crippen LogP contribution in [0.1, 0.15) is 20.3 Å². The monoisotopic (exact) mass is 389 g/mol. The van der Waals surface area contributed by atoms with Crippen LogP contribution in [-0.4, -0.2) is 80.9 Å². The SMILES string of the molecule is CC(C)CN(C(=O)CN1CCNCC1)C1CCS(=O)(=O)C1.Cl.Cl. The zero-order valence-corrected chi connectivity index (χ0v) is 16.3. The van der Waals surface area contributed by atoms with Crippen LogP contribution in [0.5, 0.6) is 0 Å². The fourth-order valence-electron chi connectivity index (χ4n) is 3.02. The van der Waals surface area contributed by atoms with E-state index >= 15 is 0 Å². The third-order valence-corrected chi connectivity index (χ3v) is 5.85. The van der Waals surface area contributed by atoms with Gasteiger partial charge < -0.3 is 10.2 Å². The Morgan fingerprint density at radius 2 is 1.87 bits per heavy atom. The summed E-state index contributed by atoms with van der Waals surface area (Å²) in [4.78, 5) is 16.6. The van der Waals surface area contributed by atoms with Gasteiger partial charge in [0, 0.05) is 38.8 Å². The molecule has 1 N–H and O–H groups in total. The first-order chi connectivity index (χ1) is 9.87. The molecule has 0 spiro atoms. The summed E-state index contributed by atoms with van der Waals surface area (Å²) >= 11 is 0. The average Bonchev–Trinajstić information content (AvgIpc) is 2.77. The van der Waals surface area contributed by atoms with Gasteiger partial charge in [-0.1, -0.05) is 13.8 Å². The van der Waals surface area contributed by atoms with E-state index in [-0.39, 0.29) is 48.3 Å². The summed E-state index contributed by atoms with van der Waals surface area (Å²) in [5, 5.41) is 3.27. The highest BCUT2D eigenvalue weighted by Crippen LogP contribution is 2.19. The number of nitrogens with one attached hydrogen (secondary N) is 1. The highest BCUT2D eigenvalue weighted by Gasteiger charge is 2.35. The molecule has 2 saturated heterocycles. The standard InChI is InChI=1S/C14H27N3O3S.2ClH/c1-12(2)9-17(13-3-8-21(19,20)11-13)14(18)10-16-6-4-15-5-7-16;;/h12-13,15H,3-11H2,1-2H3;2*1H. The Labute approximate surface area is 152 Å². The smallest absolute Gasteiger partial charge is 0.237 e. The number of hydrogen-bond acceptors (Lipinski definition) is 5. The zero-order valence-electron chi connectivity index (χ0n) is 13.9. The van der Waals surface area contributed by atoms with E-state index in [1.165, 1.54) is 0 Å². The third kappa shape index (κ3) is 7.13. The van der Waals surface area contributed by atoms with E-state index in [0.29, 0.717) is 25.4 Å². The van der Waals surface area contributed by atoms with E-state index in [1.54, 1.807) is 0 Å². The fourth-order valence-corrected chi connectivity index (χ4v) is 4.75. The maximum absolute atomic E-state index is 12.6. The summed E-state index contributed by atoms with van der Waals surface area (Å²) in [6.45, 7) is 8.76. The van der Waals surface area contributed by atoms with Crippen molar-refractivity contribution in [2.75, 3.05) is 50.8 Å². The number of sulfone groups is 1. The van der Waals surface area contributed by atoms with Crippen LogP contribution in [0.25, 0.3) is 0 Å². The van der Waals surface area contributed by atoms with Crippen LogP contribution in [0.4, 0.5) is 0 Å².